The zero-order chi connectivity index (χ0) is 10.7. The van der Waals surface area contributed by atoms with Crippen LogP contribution in [-0.2, 0) is 4.79 Å². The zero-order valence-corrected chi connectivity index (χ0v) is 9.21. The Labute approximate surface area is 89.9 Å². The summed E-state index contributed by atoms with van der Waals surface area (Å²) in [7, 11) is 0. The van der Waals surface area contributed by atoms with Crippen LogP contribution in [0.25, 0.3) is 0 Å². The Balaban J connectivity index is 3.17. The Kier molecular flexibility index (Phi) is 3.63. The molecule has 1 rings (SSSR count). The number of aromatic hydroxyl groups is 1. The predicted molar refractivity (Wildman–Crippen MR) is 54.9 cm³/mol. The molecule has 1 unspecified atom stereocenters. The Bertz CT molecular complexity index is 352. The summed E-state index contributed by atoms with van der Waals surface area (Å²) in [6.45, 7) is 1.69. The minimum Gasteiger partial charge on any atom is -0.508 e. The van der Waals surface area contributed by atoms with Gasteiger partial charge in [0.1, 0.15) is 17.9 Å². The Morgan fingerprint density at radius 2 is 2.29 bits per heavy atom. The van der Waals surface area contributed by atoms with E-state index in [1.54, 1.807) is 6.92 Å². The van der Waals surface area contributed by atoms with E-state index in [1.807, 2.05) is 0 Å². The fraction of sp³-hybridized carbons (Fsp3) is 0.300. The van der Waals surface area contributed by atoms with Gasteiger partial charge in [0, 0.05) is 12.0 Å². The van der Waals surface area contributed by atoms with Crippen LogP contribution < -0.4 is 0 Å². The largest absolute Gasteiger partial charge is 0.508 e. The zero-order valence-electron chi connectivity index (χ0n) is 7.63. The van der Waals surface area contributed by atoms with Crippen LogP contribution in [0.4, 0.5) is 4.39 Å². The van der Waals surface area contributed by atoms with E-state index in [4.69, 9.17) is 0 Å². The highest BCUT2D eigenvalue weighted by atomic mass is 79.9. The molecule has 0 bridgehead atoms. The third kappa shape index (κ3) is 2.12. The maximum Gasteiger partial charge on any atom is 0.144 e. The first-order chi connectivity index (χ1) is 6.57. The highest BCUT2D eigenvalue weighted by Crippen LogP contribution is 2.33. The predicted octanol–water partition coefficient (Wildman–Crippen LogP) is 2.99. The van der Waals surface area contributed by atoms with Crippen molar-refractivity contribution in [2.75, 3.05) is 0 Å². The Morgan fingerprint density at radius 1 is 1.64 bits per heavy atom. The molecule has 0 heterocycles. The lowest BCUT2D eigenvalue weighted by molar-refractivity contribution is -0.108. The van der Waals surface area contributed by atoms with Gasteiger partial charge in [-0.1, -0.05) is 6.92 Å². The van der Waals surface area contributed by atoms with Crippen molar-refractivity contribution in [3.8, 4) is 5.75 Å². The lowest BCUT2D eigenvalue weighted by Gasteiger charge is -2.12. The van der Waals surface area contributed by atoms with Crippen molar-refractivity contribution in [3.63, 3.8) is 0 Å². The van der Waals surface area contributed by atoms with E-state index in [0.29, 0.717) is 10.8 Å². The molecule has 4 heteroatoms. The molecule has 1 aromatic carbocycles. The molecule has 76 valence electrons. The van der Waals surface area contributed by atoms with Crippen LogP contribution in [0.1, 0.15) is 24.8 Å². The molecule has 1 atom stereocenters. The molecule has 0 fully saturated rings. The van der Waals surface area contributed by atoms with Crippen molar-refractivity contribution >= 4 is 22.2 Å². The molecule has 0 aliphatic carbocycles. The van der Waals surface area contributed by atoms with E-state index in [9.17, 15) is 14.3 Å². The van der Waals surface area contributed by atoms with Gasteiger partial charge in [0.2, 0.25) is 0 Å². The molecule has 1 N–H and O–H groups in total. The summed E-state index contributed by atoms with van der Waals surface area (Å²) in [6, 6.07) is 2.84. The van der Waals surface area contributed by atoms with Crippen molar-refractivity contribution in [1.82, 2.24) is 0 Å². The highest BCUT2D eigenvalue weighted by Gasteiger charge is 2.17. The van der Waals surface area contributed by atoms with Crippen molar-refractivity contribution < 1.29 is 14.3 Å². The van der Waals surface area contributed by atoms with Gasteiger partial charge in [-0.25, -0.2) is 4.39 Å². The van der Waals surface area contributed by atoms with Crippen LogP contribution in [0.5, 0.6) is 5.75 Å². The van der Waals surface area contributed by atoms with Crippen LogP contribution in [0, 0.1) is 5.82 Å². The number of aldehydes is 1. The first-order valence-corrected chi connectivity index (χ1v) is 4.97. The summed E-state index contributed by atoms with van der Waals surface area (Å²) < 4.78 is 13.8. The van der Waals surface area contributed by atoms with Gasteiger partial charge in [-0.15, -0.1) is 0 Å². The number of hydrogen-bond donors (Lipinski definition) is 1. The van der Waals surface area contributed by atoms with Gasteiger partial charge in [-0.05, 0) is 34.0 Å². The second-order valence-corrected chi connectivity index (χ2v) is 3.95. The van der Waals surface area contributed by atoms with Gasteiger partial charge < -0.3 is 9.90 Å². The van der Waals surface area contributed by atoms with Crippen LogP contribution in [-0.4, -0.2) is 11.4 Å². The number of halogens is 2. The van der Waals surface area contributed by atoms with Gasteiger partial charge in [-0.2, -0.15) is 0 Å². The summed E-state index contributed by atoms with van der Waals surface area (Å²) in [6.07, 6.45) is 0.908. The minimum atomic E-state index is -0.501. The van der Waals surface area contributed by atoms with E-state index >= 15 is 0 Å². The second-order valence-electron chi connectivity index (χ2n) is 3.10. The van der Waals surface area contributed by atoms with E-state index in [1.165, 1.54) is 12.1 Å². The maximum absolute atomic E-state index is 13.5. The molecule has 0 saturated carbocycles. The van der Waals surface area contributed by atoms with Crippen LogP contribution in [0.2, 0.25) is 0 Å². The number of benzene rings is 1. The summed E-state index contributed by atoms with van der Waals surface area (Å²) in [5.41, 5.74) is 0.187. The smallest absolute Gasteiger partial charge is 0.144 e. The highest BCUT2D eigenvalue weighted by molar-refractivity contribution is 9.10. The fourth-order valence-corrected chi connectivity index (χ4v) is 1.63. The maximum atomic E-state index is 13.5. The third-order valence-corrected chi connectivity index (χ3v) is 2.66. The van der Waals surface area contributed by atoms with Crippen molar-refractivity contribution in [3.05, 3.63) is 28.0 Å². The van der Waals surface area contributed by atoms with Crippen molar-refractivity contribution in [2.24, 2.45) is 0 Å². The topological polar surface area (TPSA) is 37.3 Å². The normalized spacial score (nSPS) is 12.5. The first kappa shape index (κ1) is 11.2. The van der Waals surface area contributed by atoms with Crippen LogP contribution >= 0.6 is 15.9 Å². The first-order valence-electron chi connectivity index (χ1n) is 4.18. The SMILES string of the molecule is CC(CC=O)c1c(O)ccc(Br)c1F. The number of carbonyl (C=O) groups excluding carboxylic acids is 1. The summed E-state index contributed by atoms with van der Waals surface area (Å²) in [5, 5.41) is 9.44. The van der Waals surface area contributed by atoms with E-state index < -0.39 is 5.82 Å². The van der Waals surface area contributed by atoms with Crippen LogP contribution in [0.15, 0.2) is 16.6 Å². The van der Waals surface area contributed by atoms with E-state index in [-0.39, 0.29) is 23.7 Å². The summed E-state index contributed by atoms with van der Waals surface area (Å²) in [5.74, 6) is -0.926. The van der Waals surface area contributed by atoms with Gasteiger partial charge in [0.15, 0.2) is 0 Å². The third-order valence-electron chi connectivity index (χ3n) is 2.05. The van der Waals surface area contributed by atoms with Crippen LogP contribution in [0.3, 0.4) is 0 Å². The number of phenols is 1. The second kappa shape index (κ2) is 4.55. The Morgan fingerprint density at radius 3 is 2.86 bits per heavy atom. The number of phenolic OH excluding ortho intramolecular Hbond substituents is 1. The van der Waals surface area contributed by atoms with Gasteiger partial charge in [-0.3, -0.25) is 0 Å². The standard InChI is InChI=1S/C10H10BrFO2/c1-6(4-5-13)9-8(14)3-2-7(11)10(9)12/h2-3,5-6,14H,4H2,1H3. The van der Waals surface area contributed by atoms with Crippen molar-refractivity contribution in [2.45, 2.75) is 19.3 Å². The summed E-state index contributed by atoms with van der Waals surface area (Å²) >= 11 is 3.03. The lowest BCUT2D eigenvalue weighted by atomic mass is 9.97. The molecule has 14 heavy (non-hydrogen) atoms. The fourth-order valence-electron chi connectivity index (χ4n) is 1.29. The molecular weight excluding hydrogens is 251 g/mol. The molecule has 0 aliphatic heterocycles. The average Bonchev–Trinajstić information content (AvgIpc) is 2.13. The molecular formula is C10H10BrFO2. The number of rotatable bonds is 3. The molecule has 0 aromatic heterocycles. The molecule has 2 nitrogen and oxygen atoms in total. The molecule has 0 spiro atoms. The van der Waals surface area contributed by atoms with E-state index in [2.05, 4.69) is 15.9 Å². The summed E-state index contributed by atoms with van der Waals surface area (Å²) in [4.78, 5) is 10.3. The minimum absolute atomic E-state index is 0.111. The Hall–Kier alpha value is -0.900. The molecule has 0 radical (unpaired) electrons. The molecule has 1 aromatic rings. The number of carbonyl (C=O) groups is 1. The monoisotopic (exact) mass is 260 g/mol. The van der Waals surface area contributed by atoms with Gasteiger partial charge >= 0.3 is 0 Å². The molecule has 0 aliphatic rings. The van der Waals surface area contributed by atoms with Crippen molar-refractivity contribution in [1.29, 1.82) is 0 Å². The van der Waals surface area contributed by atoms with E-state index in [0.717, 1.165) is 0 Å². The molecule has 0 saturated heterocycles. The van der Waals surface area contributed by atoms with Gasteiger partial charge in [0.25, 0.3) is 0 Å². The molecule has 0 amide bonds. The lowest BCUT2D eigenvalue weighted by Crippen LogP contribution is -1.99. The quantitative estimate of drug-likeness (QED) is 0.849. The average molecular weight is 261 g/mol. The number of hydrogen-bond acceptors (Lipinski definition) is 2. The van der Waals surface area contributed by atoms with Gasteiger partial charge in [0.05, 0.1) is 4.47 Å².